The molecule has 3 aromatic heterocycles. The highest BCUT2D eigenvalue weighted by molar-refractivity contribution is 6.10. The number of benzene rings is 9. The second kappa shape index (κ2) is 14.7. The molecule has 0 aliphatic carbocycles. The third kappa shape index (κ3) is 6.32. The predicted octanol–water partition coefficient (Wildman–Crippen LogP) is 15.3. The summed E-state index contributed by atoms with van der Waals surface area (Å²) in [5.41, 5.74) is 15.2. The fourth-order valence-corrected chi connectivity index (χ4v) is 8.56. The molecule has 0 N–H and O–H groups in total. The Bertz CT molecular complexity index is 3590. The molecule has 5 nitrogen and oxygen atoms in total. The minimum atomic E-state index is 0.585. The standard InChI is InChI=1S/C57H35N3O2/c1-3-10-36(11-4-1)37-24-28-43(29-25-37)56-58-55(42-12-5-2-6-13-42)59-57(60-56)45-31-33-49-48-32-30-44(34-52(48)61-53(49)35-45)40-20-18-38(19-21-40)39-22-26-41(27-23-39)46-15-9-16-50-47-14-7-8-17-51(47)62-54(46)50/h1-35H. The highest BCUT2D eigenvalue weighted by atomic mass is 16.3. The van der Waals surface area contributed by atoms with Crippen molar-refractivity contribution in [2.75, 3.05) is 0 Å². The first kappa shape index (κ1) is 35.5. The topological polar surface area (TPSA) is 65.0 Å². The van der Waals surface area contributed by atoms with Crippen molar-refractivity contribution < 1.29 is 8.83 Å². The van der Waals surface area contributed by atoms with Gasteiger partial charge >= 0.3 is 0 Å². The van der Waals surface area contributed by atoms with Gasteiger partial charge in [0, 0.05) is 43.8 Å². The first-order chi connectivity index (χ1) is 30.7. The third-order valence-electron chi connectivity index (χ3n) is 11.8. The monoisotopic (exact) mass is 793 g/mol. The van der Waals surface area contributed by atoms with Gasteiger partial charge in [0.2, 0.25) is 0 Å². The normalized spacial score (nSPS) is 11.5. The van der Waals surface area contributed by atoms with E-state index in [0.717, 1.165) is 105 Å². The van der Waals surface area contributed by atoms with Crippen LogP contribution in [0.3, 0.4) is 0 Å². The van der Waals surface area contributed by atoms with Gasteiger partial charge in [0.15, 0.2) is 17.5 Å². The zero-order chi connectivity index (χ0) is 41.0. The first-order valence-electron chi connectivity index (χ1n) is 20.7. The van der Waals surface area contributed by atoms with Gasteiger partial charge in [-0.15, -0.1) is 0 Å². The van der Waals surface area contributed by atoms with Gasteiger partial charge < -0.3 is 8.83 Å². The van der Waals surface area contributed by atoms with Gasteiger partial charge in [-0.1, -0.05) is 182 Å². The fourth-order valence-electron chi connectivity index (χ4n) is 8.56. The van der Waals surface area contributed by atoms with E-state index in [1.807, 2.05) is 54.6 Å². The molecule has 0 atom stereocenters. The van der Waals surface area contributed by atoms with Gasteiger partial charge in [-0.05, 0) is 69.3 Å². The quantitative estimate of drug-likeness (QED) is 0.161. The second-order valence-corrected chi connectivity index (χ2v) is 15.6. The summed E-state index contributed by atoms with van der Waals surface area (Å²) in [7, 11) is 0. The average Bonchev–Trinajstić information content (AvgIpc) is 3.92. The average molecular weight is 794 g/mol. The molecule has 62 heavy (non-hydrogen) atoms. The molecule has 0 spiro atoms. The summed E-state index contributed by atoms with van der Waals surface area (Å²) in [5.74, 6) is 1.82. The van der Waals surface area contributed by atoms with E-state index >= 15 is 0 Å². The van der Waals surface area contributed by atoms with Gasteiger partial charge in [-0.2, -0.15) is 0 Å². The molecule has 0 bridgehead atoms. The number of para-hydroxylation sites is 2. The third-order valence-corrected chi connectivity index (χ3v) is 11.8. The number of aromatic nitrogens is 3. The molecule has 290 valence electrons. The van der Waals surface area contributed by atoms with E-state index in [2.05, 4.69) is 158 Å². The largest absolute Gasteiger partial charge is 0.456 e. The van der Waals surface area contributed by atoms with E-state index in [0.29, 0.717) is 17.5 Å². The van der Waals surface area contributed by atoms with Crippen LogP contribution in [0.2, 0.25) is 0 Å². The Hall–Kier alpha value is -8.41. The van der Waals surface area contributed by atoms with Crippen molar-refractivity contribution in [3.8, 4) is 78.7 Å². The lowest BCUT2D eigenvalue weighted by atomic mass is 9.97. The van der Waals surface area contributed by atoms with Crippen LogP contribution < -0.4 is 0 Å². The Morgan fingerprint density at radius 2 is 0.645 bits per heavy atom. The summed E-state index contributed by atoms with van der Waals surface area (Å²) < 4.78 is 12.9. The lowest BCUT2D eigenvalue weighted by Crippen LogP contribution is -2.00. The molecule has 12 aromatic rings. The molecule has 0 radical (unpaired) electrons. The molecule has 9 aromatic carbocycles. The Balaban J connectivity index is 0.834. The SMILES string of the molecule is c1ccc(-c2ccc(-c3nc(-c4ccccc4)nc(-c4ccc5c(c4)oc4cc(-c6ccc(-c7ccc(-c8cccc9c8oc8ccccc89)cc7)cc6)ccc45)n3)cc2)cc1. The molecule has 0 amide bonds. The van der Waals surface area contributed by atoms with Crippen LogP contribution in [-0.2, 0) is 0 Å². The zero-order valence-corrected chi connectivity index (χ0v) is 33.4. The van der Waals surface area contributed by atoms with Crippen LogP contribution in [-0.4, -0.2) is 15.0 Å². The van der Waals surface area contributed by atoms with Gasteiger partial charge in [0.1, 0.15) is 22.3 Å². The maximum absolute atomic E-state index is 6.57. The van der Waals surface area contributed by atoms with Crippen molar-refractivity contribution in [1.29, 1.82) is 0 Å². The van der Waals surface area contributed by atoms with Crippen LogP contribution in [0.4, 0.5) is 0 Å². The summed E-state index contributed by atoms with van der Waals surface area (Å²) >= 11 is 0. The van der Waals surface area contributed by atoms with Crippen LogP contribution in [0, 0.1) is 0 Å². The van der Waals surface area contributed by atoms with Crippen LogP contribution in [0.25, 0.3) is 123 Å². The van der Waals surface area contributed by atoms with E-state index in [1.165, 1.54) is 0 Å². The molecule has 0 saturated carbocycles. The van der Waals surface area contributed by atoms with E-state index in [-0.39, 0.29) is 0 Å². The van der Waals surface area contributed by atoms with Crippen LogP contribution >= 0.6 is 0 Å². The minimum Gasteiger partial charge on any atom is -0.456 e. The minimum absolute atomic E-state index is 0.585. The van der Waals surface area contributed by atoms with Crippen LogP contribution in [0.5, 0.6) is 0 Å². The van der Waals surface area contributed by atoms with Crippen LogP contribution in [0.1, 0.15) is 0 Å². The number of hydrogen-bond acceptors (Lipinski definition) is 5. The lowest BCUT2D eigenvalue weighted by molar-refractivity contribution is 0.669. The molecule has 0 saturated heterocycles. The number of fused-ring (bicyclic) bond motifs is 6. The van der Waals surface area contributed by atoms with Crippen molar-refractivity contribution >= 4 is 43.9 Å². The van der Waals surface area contributed by atoms with Gasteiger partial charge in [0.05, 0.1) is 0 Å². The molecule has 3 heterocycles. The summed E-state index contributed by atoms with van der Waals surface area (Å²) in [5, 5.41) is 4.38. The Kier molecular flexibility index (Phi) is 8.42. The summed E-state index contributed by atoms with van der Waals surface area (Å²) in [6.45, 7) is 0. The molecule has 0 unspecified atom stereocenters. The Morgan fingerprint density at radius 1 is 0.242 bits per heavy atom. The number of furan rings is 2. The highest BCUT2D eigenvalue weighted by Gasteiger charge is 2.16. The molecular formula is C57H35N3O2. The number of hydrogen-bond donors (Lipinski definition) is 0. The molecule has 0 aliphatic heterocycles. The summed E-state index contributed by atoms with van der Waals surface area (Å²) in [6.07, 6.45) is 0. The van der Waals surface area contributed by atoms with Crippen molar-refractivity contribution in [3.05, 3.63) is 212 Å². The van der Waals surface area contributed by atoms with Crippen molar-refractivity contribution in [3.63, 3.8) is 0 Å². The van der Waals surface area contributed by atoms with Crippen LogP contribution in [0.15, 0.2) is 221 Å². The van der Waals surface area contributed by atoms with E-state index in [4.69, 9.17) is 23.8 Å². The Labute approximate surface area is 357 Å². The van der Waals surface area contributed by atoms with Crippen molar-refractivity contribution in [1.82, 2.24) is 15.0 Å². The Morgan fingerprint density at radius 3 is 1.27 bits per heavy atom. The zero-order valence-electron chi connectivity index (χ0n) is 33.4. The first-order valence-corrected chi connectivity index (χ1v) is 20.7. The molecule has 5 heteroatoms. The second-order valence-electron chi connectivity index (χ2n) is 15.6. The summed E-state index contributed by atoms with van der Waals surface area (Å²) in [4.78, 5) is 14.9. The fraction of sp³-hybridized carbons (Fsp3) is 0. The van der Waals surface area contributed by atoms with E-state index in [9.17, 15) is 0 Å². The van der Waals surface area contributed by atoms with Gasteiger partial charge in [-0.25, -0.2) is 15.0 Å². The molecule has 12 rings (SSSR count). The van der Waals surface area contributed by atoms with E-state index in [1.54, 1.807) is 0 Å². The maximum Gasteiger partial charge on any atom is 0.164 e. The van der Waals surface area contributed by atoms with E-state index < -0.39 is 0 Å². The predicted molar refractivity (Wildman–Crippen MR) is 252 cm³/mol. The van der Waals surface area contributed by atoms with Gasteiger partial charge in [0.25, 0.3) is 0 Å². The highest BCUT2D eigenvalue weighted by Crippen LogP contribution is 2.38. The maximum atomic E-state index is 6.57. The molecule has 0 aliphatic rings. The summed E-state index contributed by atoms with van der Waals surface area (Å²) in [6, 6.07) is 73.5. The smallest absolute Gasteiger partial charge is 0.164 e. The van der Waals surface area contributed by atoms with Crippen molar-refractivity contribution in [2.45, 2.75) is 0 Å². The van der Waals surface area contributed by atoms with Crippen molar-refractivity contribution in [2.24, 2.45) is 0 Å². The number of nitrogens with zero attached hydrogens (tertiary/aromatic N) is 3. The molecular weight excluding hydrogens is 759 g/mol. The van der Waals surface area contributed by atoms with Gasteiger partial charge in [-0.3, -0.25) is 0 Å². The lowest BCUT2D eigenvalue weighted by Gasteiger charge is -2.09. The molecule has 0 fully saturated rings. The number of rotatable bonds is 7.